The molecule has 0 spiro atoms. The van der Waals surface area contributed by atoms with Crippen molar-refractivity contribution in [1.82, 2.24) is 0 Å². The van der Waals surface area contributed by atoms with Crippen LogP contribution in [0.3, 0.4) is 0 Å². The van der Waals surface area contributed by atoms with Crippen LogP contribution in [0, 0.1) is 0 Å². The van der Waals surface area contributed by atoms with Crippen molar-refractivity contribution >= 4 is 23.6 Å². The Morgan fingerprint density at radius 1 is 1.53 bits per heavy atom. The molecule has 0 amide bonds. The molecule has 0 aromatic heterocycles. The molecule has 1 aliphatic rings. The molecular weight excluding hydrogens is 214 g/mol. The summed E-state index contributed by atoms with van der Waals surface area (Å²) in [5.74, 6) is 0.474. The van der Waals surface area contributed by atoms with Gasteiger partial charge in [0.1, 0.15) is 0 Å². The van der Waals surface area contributed by atoms with Crippen molar-refractivity contribution < 1.29 is 9.53 Å². The van der Waals surface area contributed by atoms with E-state index in [1.54, 1.807) is 0 Å². The molecule has 0 radical (unpaired) electrons. The highest BCUT2D eigenvalue weighted by molar-refractivity contribution is 6.18. The van der Waals surface area contributed by atoms with Crippen LogP contribution in [0.1, 0.15) is 5.56 Å². The van der Waals surface area contributed by atoms with E-state index in [4.69, 9.17) is 16.3 Å². The Labute approximate surface area is 93.6 Å². The van der Waals surface area contributed by atoms with Crippen LogP contribution >= 0.6 is 11.6 Å². The number of carbonyl (C=O) groups is 1. The zero-order chi connectivity index (χ0) is 10.7. The maximum absolute atomic E-state index is 10.8. The smallest absolute Gasteiger partial charge is 0.187 e. The van der Waals surface area contributed by atoms with E-state index in [0.29, 0.717) is 19.0 Å². The van der Waals surface area contributed by atoms with Crippen molar-refractivity contribution in [2.45, 2.75) is 12.8 Å². The first kappa shape index (κ1) is 10.5. The minimum Gasteiger partial charge on any atom is -0.346 e. The molecule has 0 saturated carbocycles. The number of rotatable bonds is 3. The number of para-hydroxylation sites is 1. The summed E-state index contributed by atoms with van der Waals surface area (Å²) in [6.07, 6.45) is 0.307. The van der Waals surface area contributed by atoms with E-state index in [0.717, 1.165) is 17.5 Å². The van der Waals surface area contributed by atoms with Crippen molar-refractivity contribution in [3.8, 4) is 0 Å². The predicted molar refractivity (Wildman–Crippen MR) is 59.1 cm³/mol. The highest BCUT2D eigenvalue weighted by Crippen LogP contribution is 2.27. The van der Waals surface area contributed by atoms with Crippen LogP contribution in [0.5, 0.6) is 0 Å². The van der Waals surface area contributed by atoms with E-state index in [9.17, 15) is 4.79 Å². The molecule has 80 valence electrons. The molecule has 3 nitrogen and oxygen atoms in total. The lowest BCUT2D eigenvalue weighted by Gasteiger charge is -2.35. The third kappa shape index (κ3) is 1.98. The molecule has 4 heteroatoms. The van der Waals surface area contributed by atoms with Gasteiger partial charge in [-0.15, -0.1) is 11.6 Å². The van der Waals surface area contributed by atoms with E-state index in [-0.39, 0.29) is 0 Å². The van der Waals surface area contributed by atoms with Crippen molar-refractivity contribution in [3.05, 3.63) is 29.8 Å². The maximum Gasteiger partial charge on any atom is 0.187 e. The molecule has 1 heterocycles. The molecule has 1 aromatic rings. The first-order chi connectivity index (χ1) is 7.36. The zero-order valence-electron chi connectivity index (χ0n) is 8.23. The fraction of sp³-hybridized carbons (Fsp3) is 0.364. The number of alkyl halides is 1. The third-order valence-corrected chi connectivity index (χ3v) is 2.63. The molecule has 1 unspecified atom stereocenters. The summed E-state index contributed by atoms with van der Waals surface area (Å²) in [6.45, 7) is 1.10. The highest BCUT2D eigenvalue weighted by Gasteiger charge is 2.25. The fourth-order valence-corrected chi connectivity index (χ4v) is 1.95. The summed E-state index contributed by atoms with van der Waals surface area (Å²) in [6, 6.07) is 7.90. The number of anilines is 1. The lowest BCUT2D eigenvalue weighted by molar-refractivity contribution is -0.119. The van der Waals surface area contributed by atoms with E-state index in [1.807, 2.05) is 29.2 Å². The van der Waals surface area contributed by atoms with Gasteiger partial charge in [-0.05, 0) is 6.07 Å². The number of nitrogens with zero attached hydrogens (tertiary/aromatic N) is 1. The Balaban J connectivity index is 2.33. The number of carbonyl (C=O) groups excluding carboxylic acids is 1. The number of ether oxygens (including phenoxy) is 1. The van der Waals surface area contributed by atoms with E-state index in [1.165, 1.54) is 0 Å². The van der Waals surface area contributed by atoms with Gasteiger partial charge in [0.15, 0.2) is 12.5 Å². The van der Waals surface area contributed by atoms with Crippen molar-refractivity contribution in [1.29, 1.82) is 0 Å². The topological polar surface area (TPSA) is 29.5 Å². The van der Waals surface area contributed by atoms with Gasteiger partial charge in [-0.1, -0.05) is 18.2 Å². The number of aldehydes is 1. The molecular formula is C11H12ClNO2. The Bertz CT molecular complexity index is 356. The average Bonchev–Trinajstić information content (AvgIpc) is 2.30. The van der Waals surface area contributed by atoms with Crippen molar-refractivity contribution in [2.24, 2.45) is 0 Å². The van der Waals surface area contributed by atoms with Gasteiger partial charge in [0.25, 0.3) is 0 Å². The minimum absolute atomic E-state index is 0.474. The Morgan fingerprint density at radius 3 is 3.07 bits per heavy atom. The summed E-state index contributed by atoms with van der Waals surface area (Å²) < 4.78 is 5.42. The molecule has 2 rings (SSSR count). The first-order valence-corrected chi connectivity index (χ1v) is 5.37. The highest BCUT2D eigenvalue weighted by atomic mass is 35.5. The van der Waals surface area contributed by atoms with Crippen LogP contribution in [0.25, 0.3) is 0 Å². The summed E-state index contributed by atoms with van der Waals surface area (Å²) in [4.78, 5) is 12.7. The number of hydrogen-bond acceptors (Lipinski definition) is 3. The second-order valence-corrected chi connectivity index (χ2v) is 3.73. The van der Waals surface area contributed by atoms with E-state index >= 15 is 0 Å². The molecule has 1 aliphatic heterocycles. The van der Waals surface area contributed by atoms with Crippen molar-refractivity contribution in [2.75, 3.05) is 17.3 Å². The summed E-state index contributed by atoms with van der Waals surface area (Å²) in [7, 11) is 0. The summed E-state index contributed by atoms with van der Waals surface area (Å²) in [5.41, 5.74) is 2.14. The van der Waals surface area contributed by atoms with Gasteiger partial charge in [0.2, 0.25) is 0 Å². The third-order valence-electron chi connectivity index (χ3n) is 2.46. The van der Waals surface area contributed by atoms with Gasteiger partial charge in [0.05, 0.1) is 6.61 Å². The van der Waals surface area contributed by atoms with Crippen LogP contribution in [-0.4, -0.2) is 24.9 Å². The average molecular weight is 226 g/mol. The molecule has 1 aromatic carbocycles. The van der Waals surface area contributed by atoms with Gasteiger partial charge < -0.3 is 9.64 Å². The second kappa shape index (κ2) is 4.64. The van der Waals surface area contributed by atoms with Gasteiger partial charge in [-0.3, -0.25) is 4.79 Å². The first-order valence-electron chi connectivity index (χ1n) is 4.84. The molecule has 0 N–H and O–H groups in total. The normalized spacial score (nSPS) is 19.8. The number of fused-ring (bicyclic) bond motifs is 1. The molecule has 1 atom stereocenters. The monoisotopic (exact) mass is 225 g/mol. The Morgan fingerprint density at radius 2 is 2.33 bits per heavy atom. The quantitative estimate of drug-likeness (QED) is 0.580. The minimum atomic E-state index is -0.501. The van der Waals surface area contributed by atoms with Crippen LogP contribution in [0.4, 0.5) is 5.69 Å². The lowest BCUT2D eigenvalue weighted by Crippen LogP contribution is -2.43. The zero-order valence-corrected chi connectivity index (χ0v) is 8.98. The number of benzene rings is 1. The lowest BCUT2D eigenvalue weighted by atomic mass is 10.1. The molecule has 0 aliphatic carbocycles. The Kier molecular flexibility index (Phi) is 3.23. The maximum atomic E-state index is 10.8. The Hall–Kier alpha value is -1.06. The van der Waals surface area contributed by atoms with Crippen molar-refractivity contribution in [3.63, 3.8) is 0 Å². The second-order valence-electron chi connectivity index (χ2n) is 3.35. The molecule has 0 saturated heterocycles. The van der Waals surface area contributed by atoms with Crippen LogP contribution in [0.15, 0.2) is 24.3 Å². The predicted octanol–water partition coefficient (Wildman–Crippen LogP) is 1.79. The SMILES string of the molecule is O=CC1OCc2ccccc2N1CCCl. The van der Waals surface area contributed by atoms with Gasteiger partial charge in [-0.25, -0.2) is 0 Å². The van der Waals surface area contributed by atoms with Crippen LogP contribution in [0.2, 0.25) is 0 Å². The van der Waals surface area contributed by atoms with E-state index < -0.39 is 6.23 Å². The molecule has 0 fully saturated rings. The van der Waals surface area contributed by atoms with Crippen LogP contribution < -0.4 is 4.90 Å². The largest absolute Gasteiger partial charge is 0.346 e. The fourth-order valence-electron chi connectivity index (χ4n) is 1.77. The number of halogens is 1. The molecule has 15 heavy (non-hydrogen) atoms. The summed E-state index contributed by atoms with van der Waals surface area (Å²) >= 11 is 5.71. The molecule has 0 bridgehead atoms. The van der Waals surface area contributed by atoms with Gasteiger partial charge >= 0.3 is 0 Å². The van der Waals surface area contributed by atoms with Gasteiger partial charge in [0, 0.05) is 23.7 Å². The number of hydrogen-bond donors (Lipinski definition) is 0. The standard InChI is InChI=1S/C11H12ClNO2/c12-5-6-13-10-4-2-1-3-9(10)8-15-11(13)7-14/h1-4,7,11H,5-6,8H2. The van der Waals surface area contributed by atoms with E-state index in [2.05, 4.69) is 0 Å². The summed E-state index contributed by atoms with van der Waals surface area (Å²) in [5, 5.41) is 0. The van der Waals surface area contributed by atoms with Crippen LogP contribution in [-0.2, 0) is 16.1 Å². The van der Waals surface area contributed by atoms with Gasteiger partial charge in [-0.2, -0.15) is 0 Å².